The third-order valence-electron chi connectivity index (χ3n) is 6.73. The van der Waals surface area contributed by atoms with E-state index < -0.39 is 5.91 Å². The van der Waals surface area contributed by atoms with Crippen molar-refractivity contribution in [2.45, 2.75) is 51.2 Å². The van der Waals surface area contributed by atoms with E-state index >= 15 is 0 Å². The summed E-state index contributed by atoms with van der Waals surface area (Å²) in [6, 6.07) is 1.74. The molecule has 0 radical (unpaired) electrons. The zero-order chi connectivity index (χ0) is 29.5. The lowest BCUT2D eigenvalue weighted by Gasteiger charge is -2.37. The lowest BCUT2D eigenvalue weighted by atomic mass is 9.96. The van der Waals surface area contributed by atoms with Gasteiger partial charge in [-0.2, -0.15) is 4.98 Å². The summed E-state index contributed by atoms with van der Waals surface area (Å²) in [4.78, 5) is 40.4. The Kier molecular flexibility index (Phi) is 10.2. The number of anilines is 4. The van der Waals surface area contributed by atoms with Gasteiger partial charge in [-0.1, -0.05) is 49.0 Å². The standard InChI is InChI=1S/C24H27Cl2N7O2S.C3H5NO/c1-27-17-8-18(35-2)20(26)21(19(17)25)32-10-14-9-28-23(30-15-6-4-3-5-7-15)31-22(14)33(24(32)34)11-16-12-36-13-29-16;1-2-3(4)5/h8-9,12-13,15,27H,3-7,10-11H2,1-2H3,(H,28,30,31);2H,1H2,(H2,4,5). The number of hydrogen-bond acceptors (Lipinski definition) is 9. The number of benzene rings is 1. The molecule has 41 heavy (non-hydrogen) atoms. The fourth-order valence-electron chi connectivity index (χ4n) is 4.68. The number of nitrogens with one attached hydrogen (secondary N) is 2. The number of nitrogens with zero attached hydrogens (tertiary/aromatic N) is 5. The minimum atomic E-state index is -0.481. The highest BCUT2D eigenvalue weighted by atomic mass is 35.5. The highest BCUT2D eigenvalue weighted by Gasteiger charge is 2.37. The molecule has 1 aliphatic carbocycles. The van der Waals surface area contributed by atoms with Crippen LogP contribution in [-0.2, 0) is 17.9 Å². The molecule has 1 saturated carbocycles. The van der Waals surface area contributed by atoms with Gasteiger partial charge in [0.1, 0.15) is 16.6 Å². The van der Waals surface area contributed by atoms with Crippen molar-refractivity contribution >= 4 is 69.6 Å². The molecule has 0 bridgehead atoms. The highest BCUT2D eigenvalue weighted by molar-refractivity contribution is 7.07. The number of methoxy groups -OCH3 is 1. The molecule has 3 amide bonds. The number of rotatable bonds is 8. The topological polar surface area (TPSA) is 139 Å². The van der Waals surface area contributed by atoms with Crippen LogP contribution >= 0.6 is 34.5 Å². The predicted octanol–water partition coefficient (Wildman–Crippen LogP) is 5.84. The Morgan fingerprint density at radius 3 is 2.61 bits per heavy atom. The molecule has 2 aliphatic rings. The molecule has 4 N–H and O–H groups in total. The first-order valence-electron chi connectivity index (χ1n) is 13.0. The maximum Gasteiger partial charge on any atom is 0.330 e. The van der Waals surface area contributed by atoms with Gasteiger partial charge >= 0.3 is 6.03 Å². The molecule has 0 spiro atoms. The minimum Gasteiger partial charge on any atom is -0.495 e. The van der Waals surface area contributed by atoms with Gasteiger partial charge in [0.05, 0.1) is 47.8 Å². The summed E-state index contributed by atoms with van der Waals surface area (Å²) < 4.78 is 5.45. The second-order valence-corrected chi connectivity index (χ2v) is 10.9. The monoisotopic (exact) mass is 618 g/mol. The first-order valence-corrected chi connectivity index (χ1v) is 14.7. The van der Waals surface area contributed by atoms with Crippen molar-refractivity contribution in [2.75, 3.05) is 34.6 Å². The molecule has 5 rings (SSSR count). The van der Waals surface area contributed by atoms with Gasteiger partial charge in [-0.3, -0.25) is 14.6 Å². The number of amides is 3. The van der Waals surface area contributed by atoms with Gasteiger partial charge in [-0.15, -0.1) is 11.3 Å². The summed E-state index contributed by atoms with van der Waals surface area (Å²) in [6.07, 6.45) is 8.67. The molecule has 3 aromatic rings. The number of hydrogen-bond donors (Lipinski definition) is 3. The Morgan fingerprint density at radius 1 is 1.27 bits per heavy atom. The Morgan fingerprint density at radius 2 is 2.00 bits per heavy atom. The van der Waals surface area contributed by atoms with E-state index in [2.05, 4.69) is 32.9 Å². The second kappa shape index (κ2) is 13.8. The first-order chi connectivity index (χ1) is 19.8. The maximum atomic E-state index is 14.0. The molecule has 0 saturated heterocycles. The lowest BCUT2D eigenvalue weighted by Crippen LogP contribution is -2.48. The van der Waals surface area contributed by atoms with Gasteiger partial charge in [0.2, 0.25) is 11.9 Å². The molecule has 3 heterocycles. The van der Waals surface area contributed by atoms with Crippen molar-refractivity contribution in [3.8, 4) is 5.75 Å². The second-order valence-electron chi connectivity index (χ2n) is 9.42. The van der Waals surface area contributed by atoms with Gasteiger partial charge < -0.3 is 21.1 Å². The fourth-order valence-corrected chi connectivity index (χ4v) is 5.95. The van der Waals surface area contributed by atoms with Crippen LogP contribution in [0, 0.1) is 0 Å². The zero-order valence-corrected chi connectivity index (χ0v) is 25.2. The average Bonchev–Trinajstić information content (AvgIpc) is 3.50. The molecular weight excluding hydrogens is 587 g/mol. The quantitative estimate of drug-likeness (QED) is 0.268. The molecular formula is C27H32Cl2N8O3S. The smallest absolute Gasteiger partial charge is 0.330 e. The van der Waals surface area contributed by atoms with Gasteiger partial charge in [0, 0.05) is 36.3 Å². The van der Waals surface area contributed by atoms with E-state index in [1.807, 2.05) is 5.38 Å². The van der Waals surface area contributed by atoms with Crippen molar-refractivity contribution in [3.63, 3.8) is 0 Å². The minimum absolute atomic E-state index is 0.210. The first kappa shape index (κ1) is 30.4. The van der Waals surface area contributed by atoms with Crippen LogP contribution in [0.15, 0.2) is 35.8 Å². The Balaban J connectivity index is 0.000000714. The van der Waals surface area contributed by atoms with Crippen molar-refractivity contribution in [1.82, 2.24) is 15.0 Å². The summed E-state index contributed by atoms with van der Waals surface area (Å²) in [5.41, 5.74) is 8.78. The van der Waals surface area contributed by atoms with Gasteiger partial charge in [0.15, 0.2) is 0 Å². The van der Waals surface area contributed by atoms with Crippen LogP contribution in [0.5, 0.6) is 5.75 Å². The van der Waals surface area contributed by atoms with Crippen molar-refractivity contribution in [1.29, 1.82) is 0 Å². The van der Waals surface area contributed by atoms with Crippen LogP contribution in [0.2, 0.25) is 10.0 Å². The van der Waals surface area contributed by atoms with Crippen molar-refractivity contribution in [2.24, 2.45) is 5.73 Å². The predicted molar refractivity (Wildman–Crippen MR) is 164 cm³/mol. The number of aromatic nitrogens is 3. The van der Waals surface area contributed by atoms with Crippen LogP contribution in [0.1, 0.15) is 43.4 Å². The number of carbonyl (C=O) groups excluding carboxylic acids is 2. The molecule has 218 valence electrons. The third-order valence-corrected chi connectivity index (χ3v) is 8.12. The van der Waals surface area contributed by atoms with Crippen molar-refractivity contribution in [3.05, 3.63) is 57.1 Å². The van der Waals surface area contributed by atoms with Crippen LogP contribution < -0.4 is 30.9 Å². The molecule has 2 aromatic heterocycles. The Labute approximate surface area is 252 Å². The number of halogens is 2. The molecule has 1 fully saturated rings. The fraction of sp³-hybridized carbons (Fsp3) is 0.370. The zero-order valence-electron chi connectivity index (χ0n) is 22.8. The van der Waals surface area contributed by atoms with Crippen molar-refractivity contribution < 1.29 is 14.3 Å². The van der Waals surface area contributed by atoms with Crippen LogP contribution in [-0.4, -0.2) is 47.1 Å². The number of thiazole rings is 1. The average molecular weight is 620 g/mol. The van der Waals surface area contributed by atoms with Gasteiger partial charge in [-0.05, 0) is 18.9 Å². The SMILES string of the molecule is C=CC(N)=O.CNc1cc(OC)c(Cl)c(N2Cc3cnc(NC4CCCCC4)nc3N(Cc3cscn3)C2=O)c1Cl. The molecule has 11 nitrogen and oxygen atoms in total. The van der Waals surface area contributed by atoms with E-state index in [9.17, 15) is 9.59 Å². The Hall–Kier alpha value is -3.61. The number of primary amides is 1. The Bertz CT molecular complexity index is 1370. The largest absolute Gasteiger partial charge is 0.495 e. The molecule has 14 heteroatoms. The maximum absolute atomic E-state index is 14.0. The van der Waals surface area contributed by atoms with Crippen LogP contribution in [0.3, 0.4) is 0 Å². The molecule has 0 atom stereocenters. The van der Waals surface area contributed by atoms with Gasteiger partial charge in [-0.25, -0.2) is 14.8 Å². The highest BCUT2D eigenvalue weighted by Crippen LogP contribution is 2.47. The summed E-state index contributed by atoms with van der Waals surface area (Å²) in [6.45, 7) is 3.55. The van der Waals surface area contributed by atoms with E-state index in [1.54, 1.807) is 34.6 Å². The molecule has 1 aliphatic heterocycles. The number of carbonyl (C=O) groups is 2. The number of fused-ring (bicyclic) bond motifs is 1. The van der Waals surface area contributed by atoms with Crippen LogP contribution in [0.25, 0.3) is 0 Å². The van der Waals surface area contributed by atoms with E-state index in [1.165, 1.54) is 37.7 Å². The molecule has 1 aromatic carbocycles. The summed E-state index contributed by atoms with van der Waals surface area (Å²) in [5, 5.41) is 9.00. The normalized spacial score (nSPS) is 15.0. The lowest BCUT2D eigenvalue weighted by molar-refractivity contribution is -0.113. The van der Waals surface area contributed by atoms with E-state index in [0.717, 1.165) is 30.2 Å². The van der Waals surface area contributed by atoms with Gasteiger partial charge in [0.25, 0.3) is 0 Å². The van der Waals surface area contributed by atoms with E-state index in [4.69, 9.17) is 32.9 Å². The number of urea groups is 1. The molecule has 0 unspecified atom stereocenters. The van der Waals surface area contributed by atoms with Crippen LogP contribution in [0.4, 0.5) is 27.9 Å². The number of nitrogens with two attached hydrogens (primary N) is 1. The summed E-state index contributed by atoms with van der Waals surface area (Å²) in [7, 11) is 3.27. The summed E-state index contributed by atoms with van der Waals surface area (Å²) in [5.74, 6) is 1.01. The van der Waals surface area contributed by atoms with E-state index in [0.29, 0.717) is 40.0 Å². The third kappa shape index (κ3) is 7.00. The van der Waals surface area contributed by atoms with E-state index in [-0.39, 0.29) is 24.1 Å². The summed E-state index contributed by atoms with van der Waals surface area (Å²) >= 11 is 14.9. The number of ether oxygens (including phenoxy) is 1.